The smallest absolute Gasteiger partial charge is 0.410 e. The number of carbonyl (C=O) groups excluding carboxylic acids is 1. The van der Waals surface area contributed by atoms with E-state index in [2.05, 4.69) is 31.2 Å². The Hall–Kier alpha value is -0.940. The van der Waals surface area contributed by atoms with Crippen LogP contribution >= 0.6 is 50.1 Å². The zero-order chi connectivity index (χ0) is 19.2. The maximum absolute atomic E-state index is 14.5. The van der Waals surface area contributed by atoms with Crippen molar-refractivity contribution in [3.8, 4) is 0 Å². The molecule has 0 bridgehead atoms. The van der Waals surface area contributed by atoms with E-state index in [1.165, 1.54) is 0 Å². The number of ether oxygens (including phenoxy) is 1. The molecule has 0 saturated carbocycles. The average Bonchev–Trinajstić information content (AvgIpc) is 2.47. The molecule has 0 radical (unpaired) electrons. The number of halogens is 4. The average molecular weight is 558 g/mol. The van der Waals surface area contributed by atoms with Gasteiger partial charge in [0.05, 0.1) is 10.5 Å². The predicted octanol–water partition coefficient (Wildman–Crippen LogP) is 4.82. The van der Waals surface area contributed by atoms with Crippen molar-refractivity contribution < 1.29 is 13.9 Å². The normalized spacial score (nSPS) is 15.1. The largest absolute Gasteiger partial charge is 0.444 e. The predicted molar refractivity (Wildman–Crippen MR) is 110 cm³/mol. The summed E-state index contributed by atoms with van der Waals surface area (Å²) in [7, 11) is 0. The van der Waals surface area contributed by atoms with Gasteiger partial charge in [-0.2, -0.15) is 0 Å². The lowest BCUT2D eigenvalue weighted by Crippen LogP contribution is -2.58. The Bertz CT molecular complexity index is 887. The molecule has 1 aliphatic heterocycles. The Labute approximate surface area is 177 Å². The number of fused-ring (bicyclic) bond motifs is 1. The highest BCUT2D eigenvalue weighted by molar-refractivity contribution is 14.1. The van der Waals surface area contributed by atoms with Gasteiger partial charge in [-0.25, -0.2) is 19.2 Å². The molecule has 26 heavy (non-hydrogen) atoms. The number of nitrogens with zero attached hydrogens (tertiary/aromatic N) is 3. The number of aromatic nitrogens is 2. The van der Waals surface area contributed by atoms with Crippen LogP contribution in [0.3, 0.4) is 0 Å². The van der Waals surface area contributed by atoms with Gasteiger partial charge in [0, 0.05) is 22.0 Å². The third-order valence-corrected chi connectivity index (χ3v) is 6.21. The Balaban J connectivity index is 1.78. The number of rotatable bonds is 2. The number of carbonyl (C=O) groups is 1. The molecule has 3 rings (SSSR count). The van der Waals surface area contributed by atoms with Gasteiger partial charge in [0.25, 0.3) is 0 Å². The van der Waals surface area contributed by atoms with Crippen molar-refractivity contribution in [2.75, 3.05) is 18.4 Å². The fraction of sp³-hybridized carbons (Fsp3) is 0.438. The summed E-state index contributed by atoms with van der Waals surface area (Å²) < 4.78 is 20.8. The minimum absolute atomic E-state index is 0.0268. The summed E-state index contributed by atoms with van der Waals surface area (Å²) >= 11 is 11.2. The molecular formula is C16H16BrClFIN4O2. The number of benzene rings is 1. The highest BCUT2D eigenvalue weighted by Gasteiger charge is 2.34. The lowest BCUT2D eigenvalue weighted by Gasteiger charge is -2.40. The number of likely N-dealkylation sites (tertiary alicyclic amines) is 1. The van der Waals surface area contributed by atoms with E-state index in [9.17, 15) is 9.18 Å². The first-order chi connectivity index (χ1) is 12.0. The Morgan fingerprint density at radius 1 is 1.46 bits per heavy atom. The van der Waals surface area contributed by atoms with E-state index in [-0.39, 0.29) is 22.9 Å². The minimum Gasteiger partial charge on any atom is -0.444 e. The molecule has 140 valence electrons. The van der Waals surface area contributed by atoms with Crippen molar-refractivity contribution in [2.24, 2.45) is 0 Å². The van der Waals surface area contributed by atoms with Gasteiger partial charge >= 0.3 is 6.09 Å². The monoisotopic (exact) mass is 556 g/mol. The van der Waals surface area contributed by atoms with Gasteiger partial charge in [-0.3, -0.25) is 0 Å². The van der Waals surface area contributed by atoms with Crippen molar-refractivity contribution in [2.45, 2.75) is 32.4 Å². The molecular weight excluding hydrogens is 541 g/mol. The fourth-order valence-electron chi connectivity index (χ4n) is 2.49. The van der Waals surface area contributed by atoms with Crippen LogP contribution in [0.4, 0.5) is 15.0 Å². The Morgan fingerprint density at radius 2 is 2.12 bits per heavy atom. The second kappa shape index (κ2) is 7.23. The van der Waals surface area contributed by atoms with E-state index in [1.807, 2.05) is 43.4 Å². The summed E-state index contributed by atoms with van der Waals surface area (Å²) in [6.45, 7) is 6.40. The summed E-state index contributed by atoms with van der Waals surface area (Å²) in [5.74, 6) is -0.0404. The molecule has 0 atom stereocenters. The van der Waals surface area contributed by atoms with Gasteiger partial charge in [-0.15, -0.1) is 0 Å². The van der Waals surface area contributed by atoms with Gasteiger partial charge in [-0.05, 0) is 77.0 Å². The minimum atomic E-state index is -0.534. The molecule has 0 unspecified atom stereocenters. The van der Waals surface area contributed by atoms with Crippen molar-refractivity contribution >= 4 is 72.9 Å². The van der Waals surface area contributed by atoms with Crippen LogP contribution in [-0.4, -0.2) is 45.7 Å². The van der Waals surface area contributed by atoms with Crippen LogP contribution in [0.25, 0.3) is 10.9 Å². The number of hydrogen-bond donors (Lipinski definition) is 1. The van der Waals surface area contributed by atoms with Crippen molar-refractivity contribution in [3.05, 3.63) is 25.2 Å². The van der Waals surface area contributed by atoms with Crippen LogP contribution in [0.5, 0.6) is 0 Å². The second-order valence-electron chi connectivity index (χ2n) is 6.95. The van der Waals surface area contributed by atoms with Gasteiger partial charge in [0.15, 0.2) is 5.82 Å². The van der Waals surface area contributed by atoms with E-state index in [4.69, 9.17) is 16.3 Å². The van der Waals surface area contributed by atoms with Crippen molar-refractivity contribution in [1.82, 2.24) is 14.9 Å². The van der Waals surface area contributed by atoms with E-state index in [0.29, 0.717) is 32.3 Å². The van der Waals surface area contributed by atoms with Crippen LogP contribution in [0.2, 0.25) is 5.28 Å². The first-order valence-corrected chi connectivity index (χ1v) is 10.1. The highest BCUT2D eigenvalue weighted by Crippen LogP contribution is 2.33. The molecule has 1 aromatic heterocycles. The molecule has 1 fully saturated rings. The van der Waals surface area contributed by atoms with Gasteiger partial charge in [0.1, 0.15) is 16.9 Å². The van der Waals surface area contributed by atoms with E-state index in [0.717, 1.165) is 0 Å². The molecule has 0 spiro atoms. The van der Waals surface area contributed by atoms with Crippen LogP contribution in [-0.2, 0) is 4.74 Å². The van der Waals surface area contributed by atoms with Crippen LogP contribution < -0.4 is 5.32 Å². The van der Waals surface area contributed by atoms with Crippen LogP contribution in [0, 0.1) is 9.39 Å². The lowest BCUT2D eigenvalue weighted by molar-refractivity contribution is 0.0105. The maximum Gasteiger partial charge on any atom is 0.410 e. The Kier molecular flexibility index (Phi) is 5.51. The van der Waals surface area contributed by atoms with Crippen LogP contribution in [0.15, 0.2) is 10.5 Å². The summed E-state index contributed by atoms with van der Waals surface area (Å²) in [5, 5.41) is 3.70. The third-order valence-electron chi connectivity index (χ3n) is 3.67. The fourth-order valence-corrected chi connectivity index (χ4v) is 3.51. The third kappa shape index (κ3) is 4.14. The summed E-state index contributed by atoms with van der Waals surface area (Å²) in [6.07, 6.45) is -0.356. The highest BCUT2D eigenvalue weighted by atomic mass is 127. The topological polar surface area (TPSA) is 67.3 Å². The molecule has 6 nitrogen and oxygen atoms in total. The Morgan fingerprint density at radius 3 is 2.73 bits per heavy atom. The second-order valence-corrected chi connectivity index (χ2v) is 9.24. The van der Waals surface area contributed by atoms with E-state index in [1.54, 1.807) is 11.0 Å². The number of anilines is 1. The van der Waals surface area contributed by atoms with Crippen molar-refractivity contribution in [1.29, 1.82) is 0 Å². The summed E-state index contributed by atoms with van der Waals surface area (Å²) in [5.41, 5.74) is -0.392. The maximum atomic E-state index is 14.5. The number of nitrogens with one attached hydrogen (secondary N) is 1. The molecule has 1 N–H and O–H groups in total. The standard InChI is InChI=1S/C16H16BrClFIN4O2/c1-16(2,3)26-15(25)24-5-7(6-24)21-13-8-4-9(20)10(17)11(19)12(8)22-14(18)23-13/h4,7H,5-6H2,1-3H3,(H,21,22,23). The molecule has 10 heteroatoms. The SMILES string of the molecule is CC(C)(C)OC(=O)N1CC(Nc2nc(Cl)nc3c(F)c(Br)c(I)cc23)C1. The molecule has 1 saturated heterocycles. The molecule has 2 heterocycles. The first kappa shape index (κ1) is 19.8. The van der Waals surface area contributed by atoms with Gasteiger partial charge in [-0.1, -0.05) is 0 Å². The zero-order valence-corrected chi connectivity index (χ0v) is 18.7. The zero-order valence-electron chi connectivity index (χ0n) is 14.2. The van der Waals surface area contributed by atoms with Gasteiger partial charge < -0.3 is 15.0 Å². The van der Waals surface area contributed by atoms with Gasteiger partial charge in [0.2, 0.25) is 5.28 Å². The van der Waals surface area contributed by atoms with E-state index >= 15 is 0 Å². The molecule has 1 aromatic carbocycles. The van der Waals surface area contributed by atoms with E-state index < -0.39 is 11.4 Å². The molecule has 0 aliphatic carbocycles. The molecule has 1 aliphatic rings. The first-order valence-electron chi connectivity index (χ1n) is 7.80. The summed E-state index contributed by atoms with van der Waals surface area (Å²) in [4.78, 5) is 21.8. The quantitative estimate of drug-likeness (QED) is 0.326. The van der Waals surface area contributed by atoms with Crippen molar-refractivity contribution in [3.63, 3.8) is 0 Å². The molecule has 1 amide bonds. The number of amides is 1. The summed E-state index contributed by atoms with van der Waals surface area (Å²) in [6, 6.07) is 1.76. The lowest BCUT2D eigenvalue weighted by atomic mass is 10.1. The molecule has 2 aromatic rings. The van der Waals surface area contributed by atoms with Crippen LogP contribution in [0.1, 0.15) is 20.8 Å². The number of hydrogen-bond acceptors (Lipinski definition) is 5.